The van der Waals surface area contributed by atoms with Crippen molar-refractivity contribution in [3.05, 3.63) is 12.7 Å². The minimum Gasteiger partial charge on any atom is -0.854 e. The summed E-state index contributed by atoms with van der Waals surface area (Å²) in [5, 5.41) is 9.94. The van der Waals surface area contributed by atoms with Crippen LogP contribution in [-0.4, -0.2) is 6.61 Å². The molecule has 0 saturated heterocycles. The first-order valence-electron chi connectivity index (χ1n) is 3.61. The Kier molecular flexibility index (Phi) is 18.0. The van der Waals surface area contributed by atoms with Crippen LogP contribution in [0.4, 0.5) is 0 Å². The van der Waals surface area contributed by atoms with Gasteiger partial charge in [-0.2, -0.15) is 0 Å². The van der Waals surface area contributed by atoms with Crippen LogP contribution in [0.1, 0.15) is 32.1 Å². The topological polar surface area (TPSA) is 23.1 Å². The van der Waals surface area contributed by atoms with Gasteiger partial charge >= 0.3 is 51.4 Å². The van der Waals surface area contributed by atoms with Gasteiger partial charge in [0.1, 0.15) is 0 Å². The van der Waals surface area contributed by atoms with Crippen LogP contribution in [0.25, 0.3) is 0 Å². The molecule has 0 aromatic rings. The Hall–Kier alpha value is 1.34. The van der Waals surface area contributed by atoms with Crippen molar-refractivity contribution in [1.29, 1.82) is 0 Å². The van der Waals surface area contributed by atoms with Crippen molar-refractivity contribution in [2.75, 3.05) is 6.61 Å². The van der Waals surface area contributed by atoms with E-state index in [0.29, 0.717) is 0 Å². The zero-order valence-electron chi connectivity index (χ0n) is 6.94. The zero-order valence-corrected chi connectivity index (χ0v) is 10.1. The second kappa shape index (κ2) is 13.0. The molecule has 0 saturated carbocycles. The third-order valence-electron chi connectivity index (χ3n) is 1.30. The average Bonchev–Trinajstić information content (AvgIpc) is 1.89. The molecule has 0 spiro atoms. The maximum atomic E-state index is 9.94. The molecule has 0 heterocycles. The second-order valence-corrected chi connectivity index (χ2v) is 2.20. The molecule has 0 unspecified atom stereocenters. The smallest absolute Gasteiger partial charge is 0.854 e. The Morgan fingerprint density at radius 2 is 1.70 bits per heavy atom. The molecule has 0 aromatic heterocycles. The third kappa shape index (κ3) is 12.1. The van der Waals surface area contributed by atoms with E-state index in [1.807, 2.05) is 6.08 Å². The van der Waals surface area contributed by atoms with E-state index in [0.717, 1.165) is 19.3 Å². The fourth-order valence-electron chi connectivity index (χ4n) is 0.744. The van der Waals surface area contributed by atoms with Crippen LogP contribution in [0, 0.1) is 0 Å². The second-order valence-electron chi connectivity index (χ2n) is 2.20. The number of hydrogen-bond donors (Lipinski definition) is 0. The van der Waals surface area contributed by atoms with Gasteiger partial charge in [0.2, 0.25) is 0 Å². The van der Waals surface area contributed by atoms with E-state index in [9.17, 15) is 5.11 Å². The standard InChI is InChI=1S/C8H15O.K/c1-2-3-4-5-6-7-8-9;/h2H,1,3-8H2;/q-1;+1. The van der Waals surface area contributed by atoms with Gasteiger partial charge in [-0.3, -0.25) is 0 Å². The summed E-state index contributed by atoms with van der Waals surface area (Å²) in [6, 6.07) is 0. The third-order valence-corrected chi connectivity index (χ3v) is 1.30. The monoisotopic (exact) mass is 166 g/mol. The van der Waals surface area contributed by atoms with Crippen molar-refractivity contribution < 1.29 is 56.5 Å². The van der Waals surface area contributed by atoms with Gasteiger partial charge in [0.25, 0.3) is 0 Å². The number of allylic oxidation sites excluding steroid dienone is 1. The first-order chi connectivity index (χ1) is 4.41. The Balaban J connectivity index is 0. The molecule has 2 heteroatoms. The van der Waals surface area contributed by atoms with E-state index < -0.39 is 0 Å². The van der Waals surface area contributed by atoms with Crippen LogP contribution >= 0.6 is 0 Å². The number of unbranched alkanes of at least 4 members (excludes halogenated alkanes) is 4. The SMILES string of the molecule is C=CCCCCCC[O-].[K+]. The zero-order chi connectivity index (χ0) is 6.95. The molecule has 0 fully saturated rings. The molecular formula is C8H15KO. The molecule has 10 heavy (non-hydrogen) atoms. The van der Waals surface area contributed by atoms with Crippen LogP contribution in [0.2, 0.25) is 0 Å². The molecule has 0 bridgehead atoms. The van der Waals surface area contributed by atoms with E-state index in [1.54, 1.807) is 0 Å². The summed E-state index contributed by atoms with van der Waals surface area (Å²) < 4.78 is 0. The first-order valence-corrected chi connectivity index (χ1v) is 3.61. The summed E-state index contributed by atoms with van der Waals surface area (Å²) in [6.45, 7) is 3.71. The Morgan fingerprint density at radius 1 is 1.10 bits per heavy atom. The van der Waals surface area contributed by atoms with Crippen LogP contribution in [0.15, 0.2) is 12.7 Å². The van der Waals surface area contributed by atoms with Crippen molar-refractivity contribution in [2.45, 2.75) is 32.1 Å². The largest absolute Gasteiger partial charge is 1.00 e. The maximum absolute atomic E-state index is 9.94. The van der Waals surface area contributed by atoms with Gasteiger partial charge in [-0.15, -0.1) is 13.2 Å². The summed E-state index contributed by atoms with van der Waals surface area (Å²) in [5.41, 5.74) is 0. The fourth-order valence-corrected chi connectivity index (χ4v) is 0.744. The molecular weight excluding hydrogens is 151 g/mol. The molecule has 0 aromatic carbocycles. The molecule has 1 nitrogen and oxygen atoms in total. The molecule has 0 atom stereocenters. The van der Waals surface area contributed by atoms with Crippen molar-refractivity contribution in [1.82, 2.24) is 0 Å². The van der Waals surface area contributed by atoms with Gasteiger partial charge in [-0.05, 0) is 12.8 Å². The van der Waals surface area contributed by atoms with Crippen LogP contribution in [0.3, 0.4) is 0 Å². The van der Waals surface area contributed by atoms with Gasteiger partial charge in [0.15, 0.2) is 0 Å². The summed E-state index contributed by atoms with van der Waals surface area (Å²) >= 11 is 0. The predicted octanol–water partition coefficient (Wildman–Crippen LogP) is -1.51. The Labute approximate surface area is 106 Å². The minimum absolute atomic E-state index is 0. The van der Waals surface area contributed by atoms with Crippen LogP contribution in [-0.2, 0) is 0 Å². The van der Waals surface area contributed by atoms with Crippen LogP contribution < -0.4 is 56.5 Å². The van der Waals surface area contributed by atoms with Crippen LogP contribution in [0.5, 0.6) is 0 Å². The Bertz CT molecular complexity index is 64.3. The quantitative estimate of drug-likeness (QED) is 0.267. The van der Waals surface area contributed by atoms with Crippen molar-refractivity contribution in [3.8, 4) is 0 Å². The minimum atomic E-state index is 0. The van der Waals surface area contributed by atoms with Gasteiger partial charge in [0, 0.05) is 0 Å². The molecule has 0 aliphatic carbocycles. The van der Waals surface area contributed by atoms with E-state index in [1.165, 1.54) is 12.8 Å². The molecule has 0 N–H and O–H groups in total. The molecule has 0 amide bonds. The van der Waals surface area contributed by atoms with E-state index in [-0.39, 0.29) is 58.0 Å². The van der Waals surface area contributed by atoms with Gasteiger partial charge < -0.3 is 5.11 Å². The summed E-state index contributed by atoms with van der Waals surface area (Å²) in [7, 11) is 0. The normalized spacial score (nSPS) is 8.50. The predicted molar refractivity (Wildman–Crippen MR) is 38.1 cm³/mol. The summed E-state index contributed by atoms with van der Waals surface area (Å²) in [5.74, 6) is 0. The summed E-state index contributed by atoms with van der Waals surface area (Å²) in [4.78, 5) is 0. The summed E-state index contributed by atoms with van der Waals surface area (Å²) in [6.07, 6.45) is 7.35. The molecule has 0 radical (unpaired) electrons. The molecule has 0 aliphatic heterocycles. The number of hydrogen-bond acceptors (Lipinski definition) is 1. The first kappa shape index (κ1) is 13.9. The Morgan fingerprint density at radius 3 is 2.20 bits per heavy atom. The van der Waals surface area contributed by atoms with Crippen molar-refractivity contribution >= 4 is 0 Å². The van der Waals surface area contributed by atoms with Crippen molar-refractivity contribution in [2.24, 2.45) is 0 Å². The van der Waals surface area contributed by atoms with Crippen molar-refractivity contribution in [3.63, 3.8) is 0 Å². The van der Waals surface area contributed by atoms with Gasteiger partial charge in [-0.25, -0.2) is 0 Å². The van der Waals surface area contributed by atoms with Gasteiger partial charge in [0.05, 0.1) is 0 Å². The number of rotatable bonds is 6. The maximum Gasteiger partial charge on any atom is 1.00 e. The van der Waals surface area contributed by atoms with Gasteiger partial charge in [-0.1, -0.05) is 25.3 Å². The fraction of sp³-hybridized carbons (Fsp3) is 0.750. The molecule has 54 valence electrons. The van der Waals surface area contributed by atoms with E-state index >= 15 is 0 Å². The van der Waals surface area contributed by atoms with E-state index in [4.69, 9.17) is 0 Å². The molecule has 0 aliphatic rings. The molecule has 0 rings (SSSR count). The van der Waals surface area contributed by atoms with E-state index in [2.05, 4.69) is 6.58 Å². The average molecular weight is 166 g/mol.